The maximum absolute atomic E-state index is 5.82. The highest BCUT2D eigenvalue weighted by molar-refractivity contribution is 9.10. The largest absolute Gasteiger partial charge is 0.392 e. The molecule has 0 aliphatic carbocycles. The van der Waals surface area contributed by atoms with E-state index in [1.165, 1.54) is 5.56 Å². The van der Waals surface area contributed by atoms with Crippen molar-refractivity contribution in [3.05, 3.63) is 34.3 Å². The average molecular weight is 356 g/mol. The highest BCUT2D eigenvalue weighted by atomic mass is 79.9. The van der Waals surface area contributed by atoms with Crippen molar-refractivity contribution in [2.24, 2.45) is 5.73 Å². The van der Waals surface area contributed by atoms with E-state index in [1.54, 1.807) is 0 Å². The second kappa shape index (κ2) is 7.50. The van der Waals surface area contributed by atoms with Crippen LogP contribution in [0.25, 0.3) is 0 Å². The minimum absolute atomic E-state index is 0.264. The molecule has 2 N–H and O–H groups in total. The van der Waals surface area contributed by atoms with Gasteiger partial charge in [0.25, 0.3) is 0 Å². The second-order valence-corrected chi connectivity index (χ2v) is 6.65. The number of nitrogens with zero attached hydrogens (tertiary/aromatic N) is 2. The quantitative estimate of drug-likeness (QED) is 0.823. The van der Waals surface area contributed by atoms with Gasteiger partial charge in [-0.15, -0.1) is 0 Å². The van der Waals surface area contributed by atoms with Crippen LogP contribution in [0.1, 0.15) is 18.9 Å². The Labute approximate surface area is 135 Å². The number of piperazine rings is 1. The van der Waals surface area contributed by atoms with E-state index in [0.717, 1.165) is 43.6 Å². The molecule has 2 rings (SSSR count). The van der Waals surface area contributed by atoms with E-state index in [1.807, 2.05) is 0 Å². The Bertz CT molecular complexity index is 441. The SMILES string of the molecule is CCC(C(N)=S)N1CCN(Cc2ccc(Br)cc2)CC1. The predicted octanol–water partition coefficient (Wildman–Crippen LogP) is 2.63. The first kappa shape index (κ1) is 15.9. The lowest BCUT2D eigenvalue weighted by atomic mass is 10.1. The van der Waals surface area contributed by atoms with Crippen LogP contribution in [-0.4, -0.2) is 47.0 Å². The summed E-state index contributed by atoms with van der Waals surface area (Å²) in [5, 5.41) is 0. The molecule has 1 atom stereocenters. The van der Waals surface area contributed by atoms with Gasteiger partial charge in [0.1, 0.15) is 0 Å². The van der Waals surface area contributed by atoms with Crippen LogP contribution in [0.2, 0.25) is 0 Å². The Morgan fingerprint density at radius 3 is 2.35 bits per heavy atom. The van der Waals surface area contributed by atoms with Crippen LogP contribution in [-0.2, 0) is 6.54 Å². The number of hydrogen-bond acceptors (Lipinski definition) is 3. The lowest BCUT2D eigenvalue weighted by Gasteiger charge is -2.38. The Hall–Kier alpha value is -0.490. The van der Waals surface area contributed by atoms with Gasteiger partial charge in [0.15, 0.2) is 0 Å². The molecular formula is C15H22BrN3S. The smallest absolute Gasteiger partial charge is 0.0901 e. The van der Waals surface area contributed by atoms with Gasteiger partial charge in [-0.25, -0.2) is 0 Å². The molecule has 1 aromatic carbocycles. The van der Waals surface area contributed by atoms with Crippen LogP contribution in [0, 0.1) is 0 Å². The normalized spacial score (nSPS) is 18.9. The van der Waals surface area contributed by atoms with E-state index >= 15 is 0 Å². The molecule has 20 heavy (non-hydrogen) atoms. The summed E-state index contributed by atoms with van der Waals surface area (Å²) in [5.41, 5.74) is 7.19. The van der Waals surface area contributed by atoms with Gasteiger partial charge < -0.3 is 5.73 Å². The third kappa shape index (κ3) is 4.25. The molecular weight excluding hydrogens is 334 g/mol. The van der Waals surface area contributed by atoms with Crippen LogP contribution >= 0.6 is 28.1 Å². The van der Waals surface area contributed by atoms with Crippen molar-refractivity contribution in [2.75, 3.05) is 26.2 Å². The van der Waals surface area contributed by atoms with E-state index in [0.29, 0.717) is 4.99 Å². The third-order valence-corrected chi connectivity index (χ3v) is 4.68. The lowest BCUT2D eigenvalue weighted by Crippen LogP contribution is -2.53. The van der Waals surface area contributed by atoms with Crippen LogP contribution in [0.5, 0.6) is 0 Å². The fourth-order valence-corrected chi connectivity index (χ4v) is 3.30. The van der Waals surface area contributed by atoms with Crippen LogP contribution in [0.3, 0.4) is 0 Å². The number of halogens is 1. The molecule has 1 aromatic rings. The fourth-order valence-electron chi connectivity index (χ4n) is 2.72. The molecule has 1 fully saturated rings. The average Bonchev–Trinajstić information content (AvgIpc) is 2.44. The van der Waals surface area contributed by atoms with Crippen LogP contribution in [0.15, 0.2) is 28.7 Å². The molecule has 0 radical (unpaired) electrons. The van der Waals surface area contributed by atoms with Crippen LogP contribution in [0.4, 0.5) is 0 Å². The molecule has 110 valence electrons. The van der Waals surface area contributed by atoms with Crippen molar-refractivity contribution < 1.29 is 0 Å². The lowest BCUT2D eigenvalue weighted by molar-refractivity contribution is 0.112. The Morgan fingerprint density at radius 1 is 1.25 bits per heavy atom. The zero-order valence-electron chi connectivity index (χ0n) is 11.9. The van der Waals surface area contributed by atoms with E-state index in [-0.39, 0.29) is 6.04 Å². The van der Waals surface area contributed by atoms with Gasteiger partial charge >= 0.3 is 0 Å². The van der Waals surface area contributed by atoms with Gasteiger partial charge in [-0.1, -0.05) is 47.2 Å². The van der Waals surface area contributed by atoms with Crippen molar-refractivity contribution in [1.29, 1.82) is 0 Å². The summed E-state index contributed by atoms with van der Waals surface area (Å²) in [7, 11) is 0. The monoisotopic (exact) mass is 355 g/mol. The Morgan fingerprint density at radius 2 is 1.85 bits per heavy atom. The third-order valence-electron chi connectivity index (χ3n) is 3.88. The van der Waals surface area contributed by atoms with Crippen LogP contribution < -0.4 is 5.73 Å². The molecule has 1 aliphatic heterocycles. The van der Waals surface area contributed by atoms with Gasteiger partial charge in [0.05, 0.1) is 11.0 Å². The topological polar surface area (TPSA) is 32.5 Å². The Kier molecular flexibility index (Phi) is 5.96. The summed E-state index contributed by atoms with van der Waals surface area (Å²) in [6.45, 7) is 7.42. The summed E-state index contributed by atoms with van der Waals surface area (Å²) in [4.78, 5) is 5.54. The summed E-state index contributed by atoms with van der Waals surface area (Å²) in [5.74, 6) is 0. The number of nitrogens with two attached hydrogens (primary N) is 1. The molecule has 1 aliphatic rings. The van der Waals surface area contributed by atoms with Crippen molar-refractivity contribution in [2.45, 2.75) is 25.9 Å². The minimum atomic E-state index is 0.264. The molecule has 1 saturated heterocycles. The van der Waals surface area contributed by atoms with Crippen molar-refractivity contribution in [3.8, 4) is 0 Å². The predicted molar refractivity (Wildman–Crippen MR) is 91.9 cm³/mol. The first-order valence-electron chi connectivity index (χ1n) is 7.10. The maximum atomic E-state index is 5.82. The second-order valence-electron chi connectivity index (χ2n) is 5.26. The van der Waals surface area contributed by atoms with Crippen molar-refractivity contribution in [1.82, 2.24) is 9.80 Å². The van der Waals surface area contributed by atoms with Gasteiger partial charge in [0, 0.05) is 37.2 Å². The molecule has 1 unspecified atom stereocenters. The summed E-state index contributed by atoms with van der Waals surface area (Å²) < 4.78 is 1.13. The molecule has 5 heteroatoms. The van der Waals surface area contributed by atoms with E-state index in [9.17, 15) is 0 Å². The zero-order chi connectivity index (χ0) is 14.5. The first-order valence-corrected chi connectivity index (χ1v) is 8.30. The number of thiocarbonyl (C=S) groups is 1. The highest BCUT2D eigenvalue weighted by Crippen LogP contribution is 2.15. The molecule has 0 aromatic heterocycles. The summed E-state index contributed by atoms with van der Waals surface area (Å²) in [6.07, 6.45) is 1.00. The van der Waals surface area contributed by atoms with Gasteiger partial charge in [-0.3, -0.25) is 9.80 Å². The molecule has 0 spiro atoms. The Balaban J connectivity index is 1.85. The molecule has 0 bridgehead atoms. The molecule has 0 saturated carbocycles. The van der Waals surface area contributed by atoms with E-state index in [2.05, 4.69) is 56.9 Å². The molecule has 3 nitrogen and oxygen atoms in total. The highest BCUT2D eigenvalue weighted by Gasteiger charge is 2.24. The minimum Gasteiger partial charge on any atom is -0.392 e. The van der Waals surface area contributed by atoms with Gasteiger partial charge in [0.2, 0.25) is 0 Å². The standard InChI is InChI=1S/C15H22BrN3S/c1-2-14(15(17)20)19-9-7-18(8-10-19)11-12-3-5-13(16)6-4-12/h3-6,14H,2,7-11H2,1H3,(H2,17,20). The van der Waals surface area contributed by atoms with E-state index < -0.39 is 0 Å². The number of rotatable bonds is 5. The molecule has 0 amide bonds. The maximum Gasteiger partial charge on any atom is 0.0901 e. The number of hydrogen-bond donors (Lipinski definition) is 1. The van der Waals surface area contributed by atoms with E-state index in [4.69, 9.17) is 18.0 Å². The molecule has 1 heterocycles. The van der Waals surface area contributed by atoms with Crippen molar-refractivity contribution in [3.63, 3.8) is 0 Å². The fraction of sp³-hybridized carbons (Fsp3) is 0.533. The summed E-state index contributed by atoms with van der Waals surface area (Å²) in [6, 6.07) is 8.83. The van der Waals surface area contributed by atoms with Gasteiger partial charge in [-0.05, 0) is 24.1 Å². The van der Waals surface area contributed by atoms with Gasteiger partial charge in [-0.2, -0.15) is 0 Å². The van der Waals surface area contributed by atoms with Crippen molar-refractivity contribution >= 4 is 33.1 Å². The number of benzene rings is 1. The zero-order valence-corrected chi connectivity index (χ0v) is 14.3. The first-order chi connectivity index (χ1) is 9.60. The summed E-state index contributed by atoms with van der Waals surface area (Å²) >= 11 is 8.63.